The summed E-state index contributed by atoms with van der Waals surface area (Å²) in [5.41, 5.74) is -3.77. The Kier molecular flexibility index (Phi) is 7.32. The lowest BCUT2D eigenvalue weighted by atomic mass is 9.93. The molecule has 0 spiro atoms. The molecule has 3 aromatic rings. The van der Waals surface area contributed by atoms with Crippen molar-refractivity contribution in [3.05, 3.63) is 63.5 Å². The predicted octanol–water partition coefficient (Wildman–Crippen LogP) is 4.02. The molecule has 9 nitrogen and oxygen atoms in total. The van der Waals surface area contributed by atoms with Crippen LogP contribution < -0.4 is 10.9 Å². The fourth-order valence-electron chi connectivity index (χ4n) is 4.52. The van der Waals surface area contributed by atoms with Gasteiger partial charge in [-0.05, 0) is 26.8 Å². The van der Waals surface area contributed by atoms with E-state index in [2.05, 4.69) is 21.2 Å². The standard InChI is InChI=1S/C27H28F3N5O4/c1-6-19(15-8-7-9-16(20(15)28)21(29)30)33-22-17-12-18(24(36)34(5)23(17)32-14-31-22)27(38)10-11-35(13-27)25(37)39-26(2,3)4/h1,7-9,12,14,19,21,38H,10-11,13H2,2-5H3,(H,31,32,33). The van der Waals surface area contributed by atoms with Crippen LogP contribution >= 0.6 is 0 Å². The number of amides is 1. The van der Waals surface area contributed by atoms with Crippen LogP contribution in [0.5, 0.6) is 0 Å². The highest BCUT2D eigenvalue weighted by Crippen LogP contribution is 2.34. The highest BCUT2D eigenvalue weighted by atomic mass is 19.3. The van der Waals surface area contributed by atoms with Gasteiger partial charge in [0.05, 0.1) is 23.1 Å². The number of likely N-dealkylation sites (tertiary alicyclic amines) is 1. The zero-order valence-electron chi connectivity index (χ0n) is 21.8. The number of alkyl halides is 2. The van der Waals surface area contributed by atoms with Gasteiger partial charge >= 0.3 is 6.09 Å². The van der Waals surface area contributed by atoms with Crippen molar-refractivity contribution in [2.75, 3.05) is 18.4 Å². The first-order valence-electron chi connectivity index (χ1n) is 12.1. The molecule has 1 fully saturated rings. The fraction of sp³-hybridized carbons (Fsp3) is 0.407. The summed E-state index contributed by atoms with van der Waals surface area (Å²) in [5, 5.41) is 14.6. The first-order chi connectivity index (χ1) is 18.3. The van der Waals surface area contributed by atoms with Gasteiger partial charge in [0.1, 0.15) is 40.9 Å². The molecular weight excluding hydrogens is 515 g/mol. The molecule has 206 valence electrons. The molecule has 39 heavy (non-hydrogen) atoms. The van der Waals surface area contributed by atoms with E-state index < -0.39 is 46.7 Å². The summed E-state index contributed by atoms with van der Waals surface area (Å²) >= 11 is 0. The average molecular weight is 544 g/mol. The van der Waals surface area contributed by atoms with Crippen molar-refractivity contribution in [2.45, 2.75) is 50.9 Å². The summed E-state index contributed by atoms with van der Waals surface area (Å²) in [6.45, 7) is 5.14. The third-order valence-corrected chi connectivity index (χ3v) is 6.46. The predicted molar refractivity (Wildman–Crippen MR) is 138 cm³/mol. The van der Waals surface area contributed by atoms with Crippen LogP contribution in [0.15, 0.2) is 35.4 Å². The molecule has 2 N–H and O–H groups in total. The molecule has 0 aliphatic carbocycles. The molecule has 2 unspecified atom stereocenters. The number of hydrogen-bond donors (Lipinski definition) is 2. The lowest BCUT2D eigenvalue weighted by Gasteiger charge is -2.27. The Bertz CT molecular complexity index is 1530. The second kappa shape index (κ2) is 10.2. The largest absolute Gasteiger partial charge is 0.444 e. The Morgan fingerprint density at radius 2 is 1.97 bits per heavy atom. The summed E-state index contributed by atoms with van der Waals surface area (Å²) in [5.74, 6) is 1.29. The Balaban J connectivity index is 1.74. The summed E-state index contributed by atoms with van der Waals surface area (Å²) in [6, 6.07) is 3.74. The quantitative estimate of drug-likeness (QED) is 0.468. The van der Waals surface area contributed by atoms with Gasteiger partial charge in [-0.25, -0.2) is 27.9 Å². The minimum atomic E-state index is -3.03. The number of carbonyl (C=O) groups excluding carboxylic acids is 1. The summed E-state index contributed by atoms with van der Waals surface area (Å²) in [7, 11) is 1.46. The number of benzene rings is 1. The number of aliphatic hydroxyl groups is 1. The smallest absolute Gasteiger partial charge is 0.410 e. The number of terminal acetylenes is 1. The number of anilines is 1. The van der Waals surface area contributed by atoms with Crippen LogP contribution in [0.4, 0.5) is 23.8 Å². The van der Waals surface area contributed by atoms with Crippen molar-refractivity contribution in [1.29, 1.82) is 0 Å². The first-order valence-corrected chi connectivity index (χ1v) is 12.1. The topological polar surface area (TPSA) is 110 Å². The number of halogens is 3. The first kappa shape index (κ1) is 27.9. The number of rotatable bonds is 5. The molecule has 1 aliphatic heterocycles. The van der Waals surface area contributed by atoms with Gasteiger partial charge in [-0.15, -0.1) is 6.42 Å². The van der Waals surface area contributed by atoms with Gasteiger partial charge in [0.15, 0.2) is 0 Å². The van der Waals surface area contributed by atoms with Crippen LogP contribution in [0.3, 0.4) is 0 Å². The summed E-state index contributed by atoms with van der Waals surface area (Å²) < 4.78 is 48.0. The molecule has 4 rings (SSSR count). The number of nitrogens with zero attached hydrogens (tertiary/aromatic N) is 4. The molecule has 2 aromatic heterocycles. The molecule has 12 heteroatoms. The van der Waals surface area contributed by atoms with E-state index in [-0.39, 0.29) is 47.5 Å². The molecule has 1 aromatic carbocycles. The van der Waals surface area contributed by atoms with Gasteiger partial charge < -0.3 is 20.1 Å². The van der Waals surface area contributed by atoms with E-state index in [9.17, 15) is 27.9 Å². The number of β-amino-alcohol motifs (C(OH)–C–C–N with tert-alkyl or cyclic N) is 1. The highest BCUT2D eigenvalue weighted by Gasteiger charge is 2.43. The van der Waals surface area contributed by atoms with E-state index in [4.69, 9.17) is 11.2 Å². The van der Waals surface area contributed by atoms with Crippen molar-refractivity contribution >= 4 is 22.9 Å². The number of fused-ring (bicyclic) bond motifs is 1. The summed E-state index contributed by atoms with van der Waals surface area (Å²) in [6.07, 6.45) is 3.21. The van der Waals surface area contributed by atoms with Gasteiger partial charge in [-0.1, -0.05) is 24.1 Å². The van der Waals surface area contributed by atoms with Crippen molar-refractivity contribution < 1.29 is 27.8 Å². The highest BCUT2D eigenvalue weighted by molar-refractivity contribution is 5.87. The minimum Gasteiger partial charge on any atom is -0.444 e. The lowest BCUT2D eigenvalue weighted by Crippen LogP contribution is -2.41. The van der Waals surface area contributed by atoms with E-state index in [1.54, 1.807) is 20.8 Å². The van der Waals surface area contributed by atoms with E-state index in [1.807, 2.05) is 0 Å². The number of aromatic nitrogens is 3. The summed E-state index contributed by atoms with van der Waals surface area (Å²) in [4.78, 5) is 35.5. The van der Waals surface area contributed by atoms with Crippen molar-refractivity contribution in [3.8, 4) is 12.3 Å². The Labute approximate surface area is 222 Å². The SMILES string of the molecule is C#CC(Nc1ncnc2c1cc(C1(O)CCN(C(=O)OC(C)(C)C)C1)c(=O)n2C)c1cccc(C(F)F)c1F. The van der Waals surface area contributed by atoms with Crippen LogP contribution in [-0.4, -0.2) is 49.3 Å². The van der Waals surface area contributed by atoms with Gasteiger partial charge in [-0.2, -0.15) is 0 Å². The maximum atomic E-state index is 14.8. The van der Waals surface area contributed by atoms with Crippen LogP contribution in [0.1, 0.15) is 56.3 Å². The Hall–Kier alpha value is -4.11. The lowest BCUT2D eigenvalue weighted by molar-refractivity contribution is 0.0135. The van der Waals surface area contributed by atoms with Crippen molar-refractivity contribution in [3.63, 3.8) is 0 Å². The molecule has 0 saturated carbocycles. The second-order valence-corrected chi connectivity index (χ2v) is 10.4. The number of aryl methyl sites for hydroxylation is 1. The van der Waals surface area contributed by atoms with Crippen LogP contribution in [0.25, 0.3) is 11.0 Å². The zero-order valence-corrected chi connectivity index (χ0v) is 21.8. The monoisotopic (exact) mass is 543 g/mol. The van der Waals surface area contributed by atoms with E-state index in [0.29, 0.717) is 0 Å². The number of hydrogen-bond acceptors (Lipinski definition) is 7. The van der Waals surface area contributed by atoms with E-state index in [1.165, 1.54) is 34.7 Å². The molecule has 0 bridgehead atoms. The van der Waals surface area contributed by atoms with Crippen LogP contribution in [-0.2, 0) is 17.4 Å². The maximum absolute atomic E-state index is 14.8. The second-order valence-electron chi connectivity index (χ2n) is 10.4. The molecule has 1 aliphatic rings. The normalized spacial score (nSPS) is 18.3. The van der Waals surface area contributed by atoms with E-state index >= 15 is 0 Å². The number of ether oxygens (including phenoxy) is 1. The molecule has 1 amide bonds. The Morgan fingerprint density at radius 1 is 1.28 bits per heavy atom. The maximum Gasteiger partial charge on any atom is 0.410 e. The molecular formula is C27H28F3N5O4. The molecule has 3 heterocycles. The molecule has 0 radical (unpaired) electrons. The molecule has 2 atom stereocenters. The van der Waals surface area contributed by atoms with Crippen LogP contribution in [0.2, 0.25) is 0 Å². The average Bonchev–Trinajstić information content (AvgIpc) is 3.27. The van der Waals surface area contributed by atoms with Gasteiger partial charge in [0, 0.05) is 25.6 Å². The fourth-order valence-corrected chi connectivity index (χ4v) is 4.52. The Morgan fingerprint density at radius 3 is 2.62 bits per heavy atom. The third-order valence-electron chi connectivity index (χ3n) is 6.46. The van der Waals surface area contributed by atoms with E-state index in [0.717, 1.165) is 12.4 Å². The minimum absolute atomic E-state index is 0.00968. The number of carbonyl (C=O) groups is 1. The number of pyridine rings is 1. The third kappa shape index (κ3) is 5.40. The van der Waals surface area contributed by atoms with Crippen molar-refractivity contribution in [1.82, 2.24) is 19.4 Å². The molecule has 1 saturated heterocycles. The van der Waals surface area contributed by atoms with Crippen molar-refractivity contribution in [2.24, 2.45) is 7.05 Å². The van der Waals surface area contributed by atoms with Crippen LogP contribution in [0, 0.1) is 18.2 Å². The number of nitrogens with one attached hydrogen (secondary N) is 1. The zero-order chi connectivity index (χ0) is 28.7. The van der Waals surface area contributed by atoms with Gasteiger partial charge in [-0.3, -0.25) is 9.36 Å². The van der Waals surface area contributed by atoms with Gasteiger partial charge in [0.2, 0.25) is 0 Å². The van der Waals surface area contributed by atoms with Gasteiger partial charge in [0.25, 0.3) is 12.0 Å².